The number of benzene rings is 2. The minimum absolute atomic E-state index is 0.0265. The number of aryl methyl sites for hydroxylation is 1. The van der Waals surface area contributed by atoms with Crippen LogP contribution < -0.4 is 16.0 Å². The van der Waals surface area contributed by atoms with Crippen molar-refractivity contribution in [3.8, 4) is 27.4 Å². The van der Waals surface area contributed by atoms with Crippen molar-refractivity contribution < 1.29 is 24.6 Å². The largest absolute Gasteiger partial charge is 0.507 e. The fourth-order valence-corrected chi connectivity index (χ4v) is 9.45. The number of hydrogen-bond donors (Lipinski definition) is 5. The molecule has 2 fully saturated rings. The maximum Gasteiger partial charge on any atom is 0.246 e. The first-order valence-electron chi connectivity index (χ1n) is 21.7. The molecule has 5 aromatic rings. The number of aliphatic hydroxyl groups excluding tert-OH is 1. The predicted octanol–water partition coefficient (Wildman–Crippen LogP) is 6.24. The van der Waals surface area contributed by atoms with E-state index in [4.69, 9.17) is 5.10 Å². The number of hydrogen-bond acceptors (Lipinski definition) is 12. The molecule has 2 aromatic carbocycles. The minimum Gasteiger partial charge on any atom is -0.507 e. The Kier molecular flexibility index (Phi) is 13.9. The highest BCUT2D eigenvalue weighted by molar-refractivity contribution is 7.13. The number of unbranched alkanes of at least 4 members (excludes halogenated alkanes) is 2. The lowest BCUT2D eigenvalue weighted by atomic mass is 9.85. The van der Waals surface area contributed by atoms with Crippen molar-refractivity contribution in [1.29, 1.82) is 0 Å². The number of fused-ring (bicyclic) bond motifs is 1. The molecule has 330 valence electrons. The number of para-hydroxylation sites is 1. The second-order valence-corrected chi connectivity index (χ2v) is 18.6. The first kappa shape index (κ1) is 44.6. The fourth-order valence-electron chi connectivity index (χ4n) is 8.64. The van der Waals surface area contributed by atoms with Crippen LogP contribution in [-0.4, -0.2) is 114 Å². The van der Waals surface area contributed by atoms with Crippen molar-refractivity contribution in [2.75, 3.05) is 38.5 Å². The van der Waals surface area contributed by atoms with Gasteiger partial charge in [-0.1, -0.05) is 63.6 Å². The summed E-state index contributed by atoms with van der Waals surface area (Å²) in [7, 11) is 1.83. The molecule has 62 heavy (non-hydrogen) atoms. The van der Waals surface area contributed by atoms with Crippen LogP contribution in [0.4, 0.5) is 5.82 Å². The molecule has 2 aliphatic heterocycles. The Morgan fingerprint density at radius 3 is 2.40 bits per heavy atom. The van der Waals surface area contributed by atoms with Crippen molar-refractivity contribution in [3.63, 3.8) is 0 Å². The molecule has 16 heteroatoms. The molecule has 2 saturated heterocycles. The number of anilines is 1. The highest BCUT2D eigenvalue weighted by Gasteiger charge is 2.44. The van der Waals surface area contributed by atoms with Gasteiger partial charge in [-0.3, -0.25) is 19.1 Å². The van der Waals surface area contributed by atoms with Gasteiger partial charge >= 0.3 is 0 Å². The van der Waals surface area contributed by atoms with Crippen LogP contribution >= 0.6 is 11.3 Å². The van der Waals surface area contributed by atoms with Gasteiger partial charge in [0.25, 0.3) is 0 Å². The number of rotatable bonds is 15. The number of aromatic hydroxyl groups is 1. The van der Waals surface area contributed by atoms with Crippen LogP contribution in [0.1, 0.15) is 96.0 Å². The van der Waals surface area contributed by atoms with Gasteiger partial charge in [0.05, 0.1) is 45.5 Å². The lowest BCUT2D eigenvalue weighted by Gasteiger charge is -2.35. The van der Waals surface area contributed by atoms with Crippen molar-refractivity contribution in [2.24, 2.45) is 5.41 Å². The number of nitrogens with zero attached hydrogens (tertiary/aromatic N) is 7. The fraction of sp³-hybridized carbons (Fsp3) is 0.500. The second kappa shape index (κ2) is 19.3. The summed E-state index contributed by atoms with van der Waals surface area (Å²) in [6, 6.07) is 15.2. The summed E-state index contributed by atoms with van der Waals surface area (Å²) in [5.74, 6) is -0.0686. The number of amides is 3. The van der Waals surface area contributed by atoms with Crippen LogP contribution in [-0.2, 0) is 14.4 Å². The number of aromatic nitrogens is 5. The highest BCUT2D eigenvalue weighted by Crippen LogP contribution is 2.34. The van der Waals surface area contributed by atoms with Gasteiger partial charge in [0.15, 0.2) is 11.3 Å². The molecule has 7 rings (SSSR count). The first-order chi connectivity index (χ1) is 29.7. The van der Waals surface area contributed by atoms with Gasteiger partial charge < -0.3 is 36.0 Å². The molecule has 0 spiro atoms. The molecule has 5 heterocycles. The molecule has 2 aliphatic rings. The molecular weight excluding hydrogens is 805 g/mol. The van der Waals surface area contributed by atoms with E-state index < -0.39 is 23.6 Å². The third kappa shape index (κ3) is 10.1. The van der Waals surface area contributed by atoms with Gasteiger partial charge in [-0.15, -0.1) is 21.5 Å². The van der Waals surface area contributed by atoms with E-state index in [2.05, 4.69) is 40.7 Å². The van der Waals surface area contributed by atoms with Crippen LogP contribution in [0, 0.1) is 12.3 Å². The molecule has 0 bridgehead atoms. The average molecular weight is 865 g/mol. The van der Waals surface area contributed by atoms with Gasteiger partial charge in [-0.25, -0.2) is 4.98 Å². The van der Waals surface area contributed by atoms with E-state index in [1.807, 2.05) is 89.6 Å². The number of carbonyl (C=O) groups excluding carboxylic acids is 3. The van der Waals surface area contributed by atoms with E-state index in [0.29, 0.717) is 35.4 Å². The van der Waals surface area contributed by atoms with Gasteiger partial charge in [0.1, 0.15) is 17.8 Å². The Hall–Kier alpha value is -5.45. The van der Waals surface area contributed by atoms with E-state index in [9.17, 15) is 24.6 Å². The third-order valence-electron chi connectivity index (χ3n) is 12.2. The molecule has 15 nitrogen and oxygen atoms in total. The molecule has 3 aromatic heterocycles. The number of β-amino-alcohol motifs (C(OH)–C–C–N with tert-alkyl or cyclic N) is 1. The average Bonchev–Trinajstić information content (AvgIpc) is 3.98. The first-order valence-corrected chi connectivity index (χ1v) is 22.6. The van der Waals surface area contributed by atoms with Gasteiger partial charge in [0.2, 0.25) is 17.7 Å². The topological polar surface area (TPSA) is 191 Å². The predicted molar refractivity (Wildman–Crippen MR) is 242 cm³/mol. The number of nitrogens with one attached hydrogen (secondary N) is 3. The maximum atomic E-state index is 14.1. The van der Waals surface area contributed by atoms with Gasteiger partial charge in [-0.05, 0) is 80.8 Å². The van der Waals surface area contributed by atoms with Crippen LogP contribution in [0.2, 0.25) is 0 Å². The van der Waals surface area contributed by atoms with Crippen molar-refractivity contribution in [3.05, 3.63) is 71.4 Å². The molecule has 4 atom stereocenters. The second-order valence-electron chi connectivity index (χ2n) is 17.8. The molecule has 5 N–H and O–H groups in total. The number of likely N-dealkylation sites (tertiary alicyclic amines) is 2. The maximum absolute atomic E-state index is 14.1. The molecular formula is C46H60N10O5S. The molecule has 0 saturated carbocycles. The standard InChI is InChI=1S/C46H60N10O5S/c1-28(30-15-17-31(18-16-30)41-29(2)48-27-62-41)49-44(60)37-24-33(57)26-55(37)45(61)42(46(3,4)5)50-39(59)14-8-7-11-21-54-22-19-32(20-23-54)56-36-25-35(34-12-9-10-13-38(34)58)51-52-40(36)43(47-6)53-56/h9-10,12-13,15-18,25,27-28,32-33,37,42,57-58H,7-8,11,14,19-24,26H2,1-6H3,(H,47,53)(H,49,60)(H,50,59)/t28-,33+,37-,42+/m0/s1. The van der Waals surface area contributed by atoms with Gasteiger partial charge in [-0.2, -0.15) is 5.10 Å². The summed E-state index contributed by atoms with van der Waals surface area (Å²) in [6.45, 7) is 12.4. The van der Waals surface area contributed by atoms with Crippen LogP contribution in [0.3, 0.4) is 0 Å². The summed E-state index contributed by atoms with van der Waals surface area (Å²) in [5.41, 5.74) is 6.96. The Morgan fingerprint density at radius 1 is 0.984 bits per heavy atom. The summed E-state index contributed by atoms with van der Waals surface area (Å²) < 4.78 is 2.05. The summed E-state index contributed by atoms with van der Waals surface area (Å²) in [5, 5.41) is 44.0. The molecule has 0 aliphatic carbocycles. The van der Waals surface area contributed by atoms with Crippen molar-refractivity contribution >= 4 is 45.9 Å². The highest BCUT2D eigenvalue weighted by atomic mass is 32.1. The number of carbonyl (C=O) groups is 3. The van der Waals surface area contributed by atoms with E-state index in [0.717, 1.165) is 72.5 Å². The number of phenolic OH excluding ortho intramolecular Hbond substituents is 1. The quantitative estimate of drug-likeness (QED) is 0.0750. The van der Waals surface area contributed by atoms with Gasteiger partial charge in [0, 0.05) is 45.1 Å². The molecule has 0 radical (unpaired) electrons. The SMILES string of the molecule is CNc1nn(C2CCN(CCCCCC(=O)N[C@H](C(=O)N3C[C@H](O)C[C@H]3C(=O)N[C@@H](C)c3ccc(-c4scnc4C)cc3)C(C)(C)C)CC2)c2cc(-c3ccccc3O)nnc12. The van der Waals surface area contributed by atoms with Crippen LogP contribution in [0.5, 0.6) is 5.75 Å². The molecule has 3 amide bonds. The summed E-state index contributed by atoms with van der Waals surface area (Å²) in [6.07, 6.45) is 3.94. The lowest BCUT2D eigenvalue weighted by Crippen LogP contribution is -2.57. The zero-order valence-corrected chi connectivity index (χ0v) is 37.4. The van der Waals surface area contributed by atoms with E-state index in [1.54, 1.807) is 23.5 Å². The van der Waals surface area contributed by atoms with Crippen LogP contribution in [0.25, 0.3) is 32.7 Å². The number of thiazole rings is 1. The molecule has 0 unspecified atom stereocenters. The van der Waals surface area contributed by atoms with Crippen molar-refractivity contribution in [2.45, 2.75) is 110 Å². The number of phenols is 1. The summed E-state index contributed by atoms with van der Waals surface area (Å²) >= 11 is 1.59. The normalized spacial score (nSPS) is 18.5. The Labute approximate surface area is 367 Å². The number of piperidine rings is 1. The monoisotopic (exact) mass is 864 g/mol. The van der Waals surface area contributed by atoms with Crippen molar-refractivity contribution in [1.82, 2.24) is 45.4 Å². The smallest absolute Gasteiger partial charge is 0.246 e. The van der Waals surface area contributed by atoms with E-state index in [-0.39, 0.29) is 48.5 Å². The third-order valence-corrected chi connectivity index (χ3v) is 13.2. The van der Waals surface area contributed by atoms with Crippen LogP contribution in [0.15, 0.2) is 60.1 Å². The Bertz CT molecular complexity index is 2350. The van der Waals surface area contributed by atoms with E-state index in [1.165, 1.54) is 4.90 Å². The lowest BCUT2D eigenvalue weighted by molar-refractivity contribution is -0.144. The minimum atomic E-state index is -0.864. The summed E-state index contributed by atoms with van der Waals surface area (Å²) in [4.78, 5) is 50.5. The zero-order valence-electron chi connectivity index (χ0n) is 36.6. The Balaban J connectivity index is 0.870. The Morgan fingerprint density at radius 2 is 1.73 bits per heavy atom. The zero-order chi connectivity index (χ0) is 44.1. The number of aliphatic hydroxyl groups is 1. The van der Waals surface area contributed by atoms with E-state index >= 15 is 0 Å².